The summed E-state index contributed by atoms with van der Waals surface area (Å²) in [5, 5.41) is 0.740. The Kier molecular flexibility index (Phi) is 5.59. The van der Waals surface area contributed by atoms with Gasteiger partial charge in [-0.15, -0.1) is 0 Å². The number of nitrogens with zero attached hydrogens (tertiary/aromatic N) is 3. The Morgan fingerprint density at radius 1 is 1.03 bits per heavy atom. The molecule has 1 aromatic heterocycles. The standard InChI is InChI=1S/C24H22FN3O2S/c25-18-10-8-16(9-11-18)22-26-23-19(14-17-6-2-3-7-20(17)30-23)24(27-22)31-15-21(29)28-12-4-1-5-13-28/h2-3,6-11H,1,4-5,12-15H2. The van der Waals surface area contributed by atoms with Crippen LogP contribution in [0.1, 0.15) is 30.4 Å². The fraction of sp³-hybridized carbons (Fsp3) is 0.292. The first-order valence-corrected chi connectivity index (χ1v) is 11.5. The van der Waals surface area contributed by atoms with E-state index in [-0.39, 0.29) is 11.7 Å². The number of hydrogen-bond acceptors (Lipinski definition) is 5. The van der Waals surface area contributed by atoms with E-state index in [1.165, 1.54) is 30.3 Å². The molecule has 2 aliphatic heterocycles. The molecule has 3 aromatic rings. The summed E-state index contributed by atoms with van der Waals surface area (Å²) in [4.78, 5) is 24.0. The monoisotopic (exact) mass is 435 g/mol. The summed E-state index contributed by atoms with van der Waals surface area (Å²) < 4.78 is 19.5. The number of thioether (sulfide) groups is 1. The number of carbonyl (C=O) groups excluding carboxylic acids is 1. The summed E-state index contributed by atoms with van der Waals surface area (Å²) in [6.45, 7) is 1.66. The van der Waals surface area contributed by atoms with Crippen molar-refractivity contribution >= 4 is 17.7 Å². The number of piperidine rings is 1. The average Bonchev–Trinajstić information content (AvgIpc) is 2.82. The molecule has 2 aromatic carbocycles. The molecule has 0 spiro atoms. The number of amides is 1. The molecule has 5 rings (SSSR count). The fourth-order valence-corrected chi connectivity index (χ4v) is 4.86. The Labute approximate surface area is 184 Å². The van der Waals surface area contributed by atoms with Crippen molar-refractivity contribution < 1.29 is 13.9 Å². The van der Waals surface area contributed by atoms with Gasteiger partial charge in [0.25, 0.3) is 0 Å². The zero-order valence-corrected chi connectivity index (χ0v) is 17.8. The molecule has 0 radical (unpaired) electrons. The lowest BCUT2D eigenvalue weighted by Gasteiger charge is -2.27. The molecule has 1 fully saturated rings. The minimum atomic E-state index is -0.311. The number of rotatable bonds is 4. The van der Waals surface area contributed by atoms with E-state index in [1.807, 2.05) is 29.2 Å². The smallest absolute Gasteiger partial charge is 0.232 e. The topological polar surface area (TPSA) is 55.3 Å². The molecule has 0 atom stereocenters. The van der Waals surface area contributed by atoms with Crippen LogP contribution in [0.5, 0.6) is 11.6 Å². The summed E-state index contributed by atoms with van der Waals surface area (Å²) >= 11 is 1.43. The highest BCUT2D eigenvalue weighted by atomic mass is 32.2. The molecule has 158 valence electrons. The maximum absolute atomic E-state index is 13.4. The molecule has 7 heteroatoms. The minimum Gasteiger partial charge on any atom is -0.438 e. The number of aromatic nitrogens is 2. The van der Waals surface area contributed by atoms with Crippen LogP contribution in [-0.4, -0.2) is 39.6 Å². The van der Waals surface area contributed by atoms with E-state index in [0.29, 0.717) is 29.4 Å². The normalized spacial score (nSPS) is 15.1. The first-order chi connectivity index (χ1) is 15.2. The van der Waals surface area contributed by atoms with Gasteiger partial charge in [-0.25, -0.2) is 9.37 Å². The first-order valence-electron chi connectivity index (χ1n) is 10.5. The molecule has 0 saturated carbocycles. The van der Waals surface area contributed by atoms with Gasteiger partial charge in [-0.1, -0.05) is 30.0 Å². The Hall–Kier alpha value is -2.93. The molecule has 1 saturated heterocycles. The number of likely N-dealkylation sites (tertiary alicyclic amines) is 1. The third-order valence-corrected chi connectivity index (χ3v) is 6.62. The van der Waals surface area contributed by atoms with Crippen LogP contribution < -0.4 is 4.74 Å². The molecular weight excluding hydrogens is 413 g/mol. The third-order valence-electron chi connectivity index (χ3n) is 5.62. The van der Waals surface area contributed by atoms with Crippen LogP contribution in [0.3, 0.4) is 0 Å². The van der Waals surface area contributed by atoms with Gasteiger partial charge in [0.2, 0.25) is 11.8 Å². The van der Waals surface area contributed by atoms with E-state index in [9.17, 15) is 9.18 Å². The Morgan fingerprint density at radius 2 is 1.81 bits per heavy atom. The van der Waals surface area contributed by atoms with Gasteiger partial charge in [-0.2, -0.15) is 4.98 Å². The van der Waals surface area contributed by atoms with Crippen LogP contribution in [0, 0.1) is 5.82 Å². The SMILES string of the molecule is O=C(CSc1nc(-c2ccc(F)cc2)nc2c1Cc1ccccc1O2)N1CCCCC1. The highest BCUT2D eigenvalue weighted by molar-refractivity contribution is 7.99. The molecule has 5 nitrogen and oxygen atoms in total. The number of benzene rings is 2. The third kappa shape index (κ3) is 4.28. The van der Waals surface area contributed by atoms with Crippen molar-refractivity contribution in [3.05, 3.63) is 65.5 Å². The quantitative estimate of drug-likeness (QED) is 0.330. The van der Waals surface area contributed by atoms with Crippen molar-refractivity contribution in [1.29, 1.82) is 0 Å². The molecule has 0 N–H and O–H groups in total. The molecule has 1 amide bonds. The average molecular weight is 436 g/mol. The lowest BCUT2D eigenvalue weighted by atomic mass is 10.0. The van der Waals surface area contributed by atoms with E-state index in [2.05, 4.69) is 4.98 Å². The maximum Gasteiger partial charge on any atom is 0.232 e. The van der Waals surface area contributed by atoms with Gasteiger partial charge in [-0.3, -0.25) is 4.79 Å². The summed E-state index contributed by atoms with van der Waals surface area (Å²) in [6.07, 6.45) is 3.97. The van der Waals surface area contributed by atoms with Gasteiger partial charge < -0.3 is 9.64 Å². The van der Waals surface area contributed by atoms with Crippen LogP contribution in [0.2, 0.25) is 0 Å². The van der Waals surface area contributed by atoms with Crippen LogP contribution >= 0.6 is 11.8 Å². The second-order valence-electron chi connectivity index (χ2n) is 7.76. The molecular formula is C24H22FN3O2S. The van der Waals surface area contributed by atoms with Crippen LogP contribution in [0.4, 0.5) is 4.39 Å². The van der Waals surface area contributed by atoms with Crippen molar-refractivity contribution in [2.45, 2.75) is 30.7 Å². The second kappa shape index (κ2) is 8.67. The molecule has 31 heavy (non-hydrogen) atoms. The van der Waals surface area contributed by atoms with Gasteiger partial charge in [0.1, 0.15) is 16.6 Å². The van der Waals surface area contributed by atoms with E-state index in [1.54, 1.807) is 12.1 Å². The molecule has 3 heterocycles. The van der Waals surface area contributed by atoms with E-state index in [4.69, 9.17) is 9.72 Å². The number of ether oxygens (including phenoxy) is 1. The van der Waals surface area contributed by atoms with E-state index >= 15 is 0 Å². The Bertz CT molecular complexity index is 1110. The first kappa shape index (κ1) is 20.0. The number of hydrogen-bond donors (Lipinski definition) is 0. The zero-order chi connectivity index (χ0) is 21.2. The van der Waals surface area contributed by atoms with Gasteiger partial charge in [-0.05, 0) is 55.2 Å². The Morgan fingerprint density at radius 3 is 2.61 bits per heavy atom. The predicted molar refractivity (Wildman–Crippen MR) is 118 cm³/mol. The van der Waals surface area contributed by atoms with Gasteiger partial charge in [0.15, 0.2) is 5.82 Å². The highest BCUT2D eigenvalue weighted by Gasteiger charge is 2.25. The van der Waals surface area contributed by atoms with Crippen LogP contribution in [-0.2, 0) is 11.2 Å². The second-order valence-corrected chi connectivity index (χ2v) is 8.72. The van der Waals surface area contributed by atoms with Crippen molar-refractivity contribution in [1.82, 2.24) is 14.9 Å². The highest BCUT2D eigenvalue weighted by Crippen LogP contribution is 2.40. The summed E-state index contributed by atoms with van der Waals surface area (Å²) in [5.74, 6) is 1.89. The van der Waals surface area contributed by atoms with Crippen molar-refractivity contribution in [2.24, 2.45) is 0 Å². The van der Waals surface area contributed by atoms with Gasteiger partial charge in [0.05, 0.1) is 11.3 Å². The van der Waals surface area contributed by atoms with E-state index in [0.717, 1.165) is 47.8 Å². The lowest BCUT2D eigenvalue weighted by molar-refractivity contribution is -0.129. The largest absolute Gasteiger partial charge is 0.438 e. The number of carbonyl (C=O) groups is 1. The summed E-state index contributed by atoms with van der Waals surface area (Å²) in [5.41, 5.74) is 2.66. The predicted octanol–water partition coefficient (Wildman–Crippen LogP) is 5.08. The van der Waals surface area contributed by atoms with Crippen molar-refractivity contribution in [2.75, 3.05) is 18.8 Å². The number of para-hydroxylation sites is 1. The van der Waals surface area contributed by atoms with Crippen molar-refractivity contribution in [3.63, 3.8) is 0 Å². The number of halogens is 1. The fourth-order valence-electron chi connectivity index (χ4n) is 3.94. The molecule has 0 bridgehead atoms. The van der Waals surface area contributed by atoms with E-state index < -0.39 is 0 Å². The summed E-state index contributed by atoms with van der Waals surface area (Å²) in [7, 11) is 0. The molecule has 0 aliphatic carbocycles. The zero-order valence-electron chi connectivity index (χ0n) is 17.0. The molecule has 0 unspecified atom stereocenters. The van der Waals surface area contributed by atoms with Gasteiger partial charge in [0, 0.05) is 25.1 Å². The van der Waals surface area contributed by atoms with Crippen LogP contribution in [0.15, 0.2) is 53.6 Å². The lowest BCUT2D eigenvalue weighted by Crippen LogP contribution is -2.36. The Balaban J connectivity index is 1.47. The summed E-state index contributed by atoms with van der Waals surface area (Å²) in [6, 6.07) is 13.9. The molecule has 2 aliphatic rings. The minimum absolute atomic E-state index is 0.137. The van der Waals surface area contributed by atoms with Gasteiger partial charge >= 0.3 is 0 Å². The number of fused-ring (bicyclic) bond motifs is 2. The van der Waals surface area contributed by atoms with Crippen molar-refractivity contribution in [3.8, 4) is 23.0 Å². The maximum atomic E-state index is 13.4. The van der Waals surface area contributed by atoms with Crippen LogP contribution in [0.25, 0.3) is 11.4 Å².